The molecule has 0 bridgehead atoms. The minimum Gasteiger partial charge on any atom is -0.481 e. The molecule has 1 aromatic heterocycles. The van der Waals surface area contributed by atoms with Crippen LogP contribution in [0.2, 0.25) is 0 Å². The van der Waals surface area contributed by atoms with Gasteiger partial charge in [-0.1, -0.05) is 53.2 Å². The summed E-state index contributed by atoms with van der Waals surface area (Å²) in [6.07, 6.45) is 1.47. The van der Waals surface area contributed by atoms with Crippen LogP contribution in [-0.2, 0) is 4.79 Å². The first kappa shape index (κ1) is 22.3. The van der Waals surface area contributed by atoms with Gasteiger partial charge in [0, 0.05) is 21.5 Å². The lowest BCUT2D eigenvalue weighted by atomic mass is 10.1. The molecule has 0 radical (unpaired) electrons. The number of para-hydroxylation sites is 1. The van der Waals surface area contributed by atoms with Gasteiger partial charge in [0.05, 0.1) is 5.56 Å². The highest BCUT2D eigenvalue weighted by Crippen LogP contribution is 2.42. The standard InChI is InChI=1S/C22H21BrN4O4S/c1-2-3-10-32-22-25-21-19(26-27-22)15-11-13(23)8-9-16(15)24-20(31-21)14-6-4-5-7-17(14)30-12-18(28)29/h4-9,11,20,24H,2-3,10,12H2,1H3,(H,28,29)/t20-/m0/s1. The van der Waals surface area contributed by atoms with Crippen molar-refractivity contribution in [2.75, 3.05) is 17.7 Å². The molecule has 0 aliphatic carbocycles. The van der Waals surface area contributed by atoms with E-state index in [0.29, 0.717) is 28.0 Å². The maximum absolute atomic E-state index is 11.0. The van der Waals surface area contributed by atoms with Gasteiger partial charge < -0.3 is 19.9 Å². The van der Waals surface area contributed by atoms with Crippen LogP contribution in [0, 0.1) is 0 Å². The van der Waals surface area contributed by atoms with Crippen molar-refractivity contribution in [3.63, 3.8) is 0 Å². The second-order valence-electron chi connectivity index (χ2n) is 7.00. The van der Waals surface area contributed by atoms with Crippen LogP contribution in [0.15, 0.2) is 52.1 Å². The van der Waals surface area contributed by atoms with Gasteiger partial charge in [0.1, 0.15) is 5.75 Å². The van der Waals surface area contributed by atoms with E-state index in [0.717, 1.165) is 34.3 Å². The number of carbonyl (C=O) groups is 1. The largest absolute Gasteiger partial charge is 0.481 e. The quantitative estimate of drug-likeness (QED) is 0.310. The van der Waals surface area contributed by atoms with Crippen LogP contribution >= 0.6 is 27.7 Å². The van der Waals surface area contributed by atoms with Crippen molar-refractivity contribution < 1.29 is 19.4 Å². The molecule has 2 heterocycles. The zero-order chi connectivity index (χ0) is 22.5. The summed E-state index contributed by atoms with van der Waals surface area (Å²) >= 11 is 5.05. The minimum absolute atomic E-state index is 0.349. The summed E-state index contributed by atoms with van der Waals surface area (Å²) in [6, 6.07) is 12.9. The fraction of sp³-hybridized carbons (Fsp3) is 0.273. The molecule has 4 rings (SSSR count). The molecule has 0 unspecified atom stereocenters. The summed E-state index contributed by atoms with van der Waals surface area (Å²) in [6.45, 7) is 1.68. The van der Waals surface area contributed by atoms with E-state index in [-0.39, 0.29) is 0 Å². The number of anilines is 1. The van der Waals surface area contributed by atoms with E-state index in [1.54, 1.807) is 12.1 Å². The van der Waals surface area contributed by atoms with Crippen LogP contribution in [0.3, 0.4) is 0 Å². The fourth-order valence-corrected chi connectivity index (χ4v) is 4.37. The Morgan fingerprint density at radius 1 is 1.28 bits per heavy atom. The van der Waals surface area contributed by atoms with Gasteiger partial charge in [-0.3, -0.25) is 0 Å². The number of aromatic nitrogens is 3. The summed E-state index contributed by atoms with van der Waals surface area (Å²) in [4.78, 5) is 15.6. The molecule has 0 saturated carbocycles. The van der Waals surface area contributed by atoms with Gasteiger partial charge in [-0.15, -0.1) is 10.2 Å². The van der Waals surface area contributed by atoms with Crippen molar-refractivity contribution in [3.8, 4) is 22.9 Å². The van der Waals surface area contributed by atoms with Crippen LogP contribution < -0.4 is 14.8 Å². The first-order chi connectivity index (χ1) is 15.5. The molecule has 2 N–H and O–H groups in total. The monoisotopic (exact) mass is 516 g/mol. The second-order valence-corrected chi connectivity index (χ2v) is 8.98. The third kappa shape index (κ3) is 5.13. The van der Waals surface area contributed by atoms with Gasteiger partial charge in [0.2, 0.25) is 17.3 Å². The number of hydrogen-bond acceptors (Lipinski definition) is 8. The number of halogens is 1. The number of nitrogens with zero attached hydrogens (tertiary/aromatic N) is 3. The topological polar surface area (TPSA) is 106 Å². The predicted molar refractivity (Wildman–Crippen MR) is 125 cm³/mol. The van der Waals surface area contributed by atoms with Crippen molar-refractivity contribution in [2.24, 2.45) is 0 Å². The van der Waals surface area contributed by atoms with E-state index in [9.17, 15) is 4.79 Å². The Balaban J connectivity index is 1.75. The number of carboxylic acid groups (broad SMARTS) is 1. The van der Waals surface area contributed by atoms with Gasteiger partial charge >= 0.3 is 5.97 Å². The Labute approximate surface area is 197 Å². The molecule has 0 amide bonds. The predicted octanol–water partition coefficient (Wildman–Crippen LogP) is 5.16. The van der Waals surface area contributed by atoms with E-state index in [1.165, 1.54) is 11.8 Å². The molecule has 3 aromatic rings. The van der Waals surface area contributed by atoms with Crippen molar-refractivity contribution in [1.29, 1.82) is 0 Å². The van der Waals surface area contributed by atoms with Crippen molar-refractivity contribution >= 4 is 39.3 Å². The summed E-state index contributed by atoms with van der Waals surface area (Å²) < 4.78 is 12.7. The molecule has 166 valence electrons. The smallest absolute Gasteiger partial charge is 0.341 e. The summed E-state index contributed by atoms with van der Waals surface area (Å²) in [5, 5.41) is 21.6. The number of nitrogens with one attached hydrogen (secondary N) is 1. The Bertz CT molecular complexity index is 1130. The Morgan fingerprint density at radius 2 is 2.12 bits per heavy atom. The van der Waals surface area contributed by atoms with Crippen LogP contribution in [0.25, 0.3) is 11.3 Å². The molecule has 2 aromatic carbocycles. The SMILES string of the molecule is CCCCSc1nnc2c(n1)O[C@@H](c1ccccc1OCC(=O)O)Nc1ccc(Br)cc1-2. The molecule has 0 saturated heterocycles. The number of benzene rings is 2. The molecule has 1 atom stereocenters. The maximum atomic E-state index is 11.0. The highest BCUT2D eigenvalue weighted by atomic mass is 79.9. The number of ether oxygens (including phenoxy) is 2. The Hall–Kier alpha value is -2.85. The van der Waals surface area contributed by atoms with Crippen molar-refractivity contribution in [2.45, 2.75) is 31.1 Å². The van der Waals surface area contributed by atoms with Crippen molar-refractivity contribution in [1.82, 2.24) is 15.2 Å². The first-order valence-corrected chi connectivity index (χ1v) is 11.9. The molecule has 8 nitrogen and oxygen atoms in total. The average molecular weight is 517 g/mol. The van der Waals surface area contributed by atoms with E-state index in [2.05, 4.69) is 43.4 Å². The number of hydrogen-bond donors (Lipinski definition) is 2. The van der Waals surface area contributed by atoms with E-state index >= 15 is 0 Å². The maximum Gasteiger partial charge on any atom is 0.341 e. The van der Waals surface area contributed by atoms with Gasteiger partial charge in [0.15, 0.2) is 12.3 Å². The summed E-state index contributed by atoms with van der Waals surface area (Å²) in [5.41, 5.74) is 2.76. The molecule has 0 fully saturated rings. The third-order valence-corrected chi connectivity index (χ3v) is 6.09. The molecule has 1 aliphatic heterocycles. The average Bonchev–Trinajstić information content (AvgIpc) is 2.94. The summed E-state index contributed by atoms with van der Waals surface area (Å²) in [7, 11) is 0. The van der Waals surface area contributed by atoms with E-state index in [1.807, 2.05) is 30.3 Å². The fourth-order valence-electron chi connectivity index (χ4n) is 3.15. The van der Waals surface area contributed by atoms with E-state index in [4.69, 9.17) is 14.6 Å². The van der Waals surface area contributed by atoms with Gasteiger partial charge in [-0.2, -0.15) is 4.98 Å². The molecule has 1 aliphatic rings. The van der Waals surface area contributed by atoms with Crippen molar-refractivity contribution in [3.05, 3.63) is 52.5 Å². The number of fused-ring (bicyclic) bond motifs is 3. The third-order valence-electron chi connectivity index (χ3n) is 4.67. The second kappa shape index (κ2) is 10.2. The van der Waals surface area contributed by atoms with Gasteiger partial charge in [0.25, 0.3) is 0 Å². The van der Waals surface area contributed by atoms with Crippen LogP contribution in [-0.4, -0.2) is 38.6 Å². The lowest BCUT2D eigenvalue weighted by Crippen LogP contribution is -2.19. The van der Waals surface area contributed by atoms with Gasteiger partial charge in [-0.25, -0.2) is 4.79 Å². The van der Waals surface area contributed by atoms with Gasteiger partial charge in [-0.05, 0) is 36.8 Å². The molecule has 32 heavy (non-hydrogen) atoms. The zero-order valence-electron chi connectivity index (χ0n) is 17.2. The lowest BCUT2D eigenvalue weighted by Gasteiger charge is -2.21. The summed E-state index contributed by atoms with van der Waals surface area (Å²) in [5.74, 6) is 0.600. The molecule has 10 heteroatoms. The number of thioether (sulfide) groups is 1. The first-order valence-electron chi connectivity index (χ1n) is 10.1. The highest BCUT2D eigenvalue weighted by Gasteiger charge is 2.28. The van der Waals surface area contributed by atoms with Crippen LogP contribution in [0.4, 0.5) is 5.69 Å². The zero-order valence-corrected chi connectivity index (χ0v) is 19.6. The van der Waals surface area contributed by atoms with E-state index < -0.39 is 18.8 Å². The number of rotatable bonds is 8. The normalized spacial score (nSPS) is 14.4. The molecular formula is C22H21BrN4O4S. The number of aliphatic carboxylic acids is 1. The molecule has 0 spiro atoms. The number of carboxylic acids is 1. The lowest BCUT2D eigenvalue weighted by molar-refractivity contribution is -0.139. The molecular weight excluding hydrogens is 496 g/mol. The minimum atomic E-state index is -1.05. The number of unbranched alkanes of at least 4 members (excludes halogenated alkanes) is 1. The highest BCUT2D eigenvalue weighted by molar-refractivity contribution is 9.10. The van der Waals surface area contributed by atoms with Crippen LogP contribution in [0.1, 0.15) is 31.6 Å². The Morgan fingerprint density at radius 3 is 2.94 bits per heavy atom. The Kier molecular flexibility index (Phi) is 7.11. The van der Waals surface area contributed by atoms with Crippen LogP contribution in [0.5, 0.6) is 11.6 Å².